The van der Waals surface area contributed by atoms with Gasteiger partial charge in [-0.25, -0.2) is 4.98 Å². The molecular weight excluding hydrogens is 276 g/mol. The van der Waals surface area contributed by atoms with Gasteiger partial charge in [0.1, 0.15) is 0 Å². The number of fused-ring (bicyclic) bond motifs is 1. The number of hydrogen-bond donors (Lipinski definition) is 1. The number of aromatic amines is 1. The molecular formula is C17H12N4O. The zero-order chi connectivity index (χ0) is 14.9. The van der Waals surface area contributed by atoms with Crippen LogP contribution in [0.5, 0.6) is 0 Å². The van der Waals surface area contributed by atoms with Crippen LogP contribution in [0.2, 0.25) is 0 Å². The van der Waals surface area contributed by atoms with E-state index >= 15 is 0 Å². The van der Waals surface area contributed by atoms with E-state index < -0.39 is 0 Å². The lowest BCUT2D eigenvalue weighted by molar-refractivity contribution is 1.07. The number of para-hydroxylation sites is 1. The fraction of sp³-hybridized carbons (Fsp3) is 0. The van der Waals surface area contributed by atoms with Crippen LogP contribution < -0.4 is 5.56 Å². The first-order valence-corrected chi connectivity index (χ1v) is 6.89. The summed E-state index contributed by atoms with van der Waals surface area (Å²) < 4.78 is 1.93. The van der Waals surface area contributed by atoms with Gasteiger partial charge in [-0.05, 0) is 29.8 Å². The third-order valence-corrected chi connectivity index (χ3v) is 3.61. The van der Waals surface area contributed by atoms with Crippen LogP contribution in [0.4, 0.5) is 0 Å². The molecule has 1 N–H and O–H groups in total. The summed E-state index contributed by atoms with van der Waals surface area (Å²) >= 11 is 0. The van der Waals surface area contributed by atoms with Crippen LogP contribution in [0.15, 0.2) is 72.2 Å². The Morgan fingerprint density at radius 3 is 2.55 bits per heavy atom. The fourth-order valence-electron chi connectivity index (χ4n) is 2.61. The molecule has 1 aromatic carbocycles. The van der Waals surface area contributed by atoms with Gasteiger partial charge >= 0.3 is 0 Å². The van der Waals surface area contributed by atoms with Crippen molar-refractivity contribution in [2.45, 2.75) is 0 Å². The first-order chi connectivity index (χ1) is 10.8. The first-order valence-electron chi connectivity index (χ1n) is 6.89. The molecule has 0 saturated carbocycles. The number of nitrogens with one attached hydrogen (secondary N) is 1. The van der Waals surface area contributed by atoms with Crippen LogP contribution in [-0.2, 0) is 0 Å². The maximum Gasteiger partial charge on any atom is 0.260 e. The van der Waals surface area contributed by atoms with Gasteiger partial charge in [0.25, 0.3) is 5.56 Å². The molecule has 0 atom stereocenters. The molecule has 0 aliphatic carbocycles. The number of rotatable bonds is 2. The first kappa shape index (κ1) is 12.5. The Hall–Kier alpha value is -3.21. The number of benzene rings is 1. The average molecular weight is 288 g/mol. The van der Waals surface area contributed by atoms with E-state index in [2.05, 4.69) is 15.0 Å². The molecule has 3 heterocycles. The van der Waals surface area contributed by atoms with Crippen LogP contribution in [0.25, 0.3) is 27.8 Å². The number of hydrogen-bond acceptors (Lipinski definition) is 3. The second-order valence-corrected chi connectivity index (χ2v) is 4.91. The third-order valence-electron chi connectivity index (χ3n) is 3.61. The Labute approximate surface area is 125 Å². The second-order valence-electron chi connectivity index (χ2n) is 4.91. The zero-order valence-corrected chi connectivity index (χ0v) is 11.6. The standard InChI is InChI=1S/C17H12N4O/c22-17-15-14(12-6-8-18-9-7-12)10-21(16(15)19-11-20-17)13-4-2-1-3-5-13/h1-11H,(H,19,20,22). The van der Waals surface area contributed by atoms with Gasteiger partial charge in [0, 0.05) is 29.8 Å². The summed E-state index contributed by atoms with van der Waals surface area (Å²) in [4.78, 5) is 23.3. The Balaban J connectivity index is 2.09. The van der Waals surface area contributed by atoms with E-state index in [9.17, 15) is 4.79 Å². The van der Waals surface area contributed by atoms with Crippen molar-refractivity contribution in [3.8, 4) is 16.8 Å². The van der Waals surface area contributed by atoms with E-state index in [1.807, 2.05) is 53.2 Å². The van der Waals surface area contributed by atoms with Gasteiger partial charge in [0.15, 0.2) is 5.65 Å². The Kier molecular flexibility index (Phi) is 2.83. The molecule has 5 heteroatoms. The van der Waals surface area contributed by atoms with E-state index in [0.29, 0.717) is 11.0 Å². The van der Waals surface area contributed by atoms with E-state index in [1.54, 1.807) is 12.4 Å². The van der Waals surface area contributed by atoms with Crippen molar-refractivity contribution in [3.63, 3.8) is 0 Å². The quantitative estimate of drug-likeness (QED) is 0.617. The largest absolute Gasteiger partial charge is 0.312 e. The third kappa shape index (κ3) is 1.91. The normalized spacial score (nSPS) is 10.9. The fourth-order valence-corrected chi connectivity index (χ4v) is 2.61. The van der Waals surface area contributed by atoms with Gasteiger partial charge in [0.2, 0.25) is 0 Å². The molecule has 0 aliphatic heterocycles. The molecule has 0 saturated heterocycles. The molecule has 0 fully saturated rings. The van der Waals surface area contributed by atoms with E-state index in [-0.39, 0.29) is 5.56 Å². The van der Waals surface area contributed by atoms with Crippen LogP contribution in [-0.4, -0.2) is 19.5 Å². The molecule has 3 aromatic heterocycles. The molecule has 4 aromatic rings. The predicted molar refractivity (Wildman–Crippen MR) is 84.9 cm³/mol. The zero-order valence-electron chi connectivity index (χ0n) is 11.6. The Morgan fingerprint density at radius 2 is 1.77 bits per heavy atom. The molecule has 106 valence electrons. The molecule has 0 bridgehead atoms. The van der Waals surface area contributed by atoms with Crippen molar-refractivity contribution in [1.29, 1.82) is 0 Å². The Bertz CT molecular complexity index is 988. The summed E-state index contributed by atoms with van der Waals surface area (Å²) in [5.74, 6) is 0. The lowest BCUT2D eigenvalue weighted by atomic mass is 10.1. The molecule has 4 rings (SSSR count). The van der Waals surface area contributed by atoms with E-state index in [1.165, 1.54) is 6.33 Å². The number of aromatic nitrogens is 4. The maximum atomic E-state index is 12.3. The summed E-state index contributed by atoms with van der Waals surface area (Å²) in [6.45, 7) is 0. The van der Waals surface area contributed by atoms with Gasteiger partial charge in [0.05, 0.1) is 11.7 Å². The van der Waals surface area contributed by atoms with Crippen LogP contribution >= 0.6 is 0 Å². The summed E-state index contributed by atoms with van der Waals surface area (Å²) in [5, 5.41) is 0.581. The highest BCUT2D eigenvalue weighted by Gasteiger charge is 2.15. The van der Waals surface area contributed by atoms with Gasteiger partial charge in [-0.2, -0.15) is 0 Å². The number of H-pyrrole nitrogens is 1. The van der Waals surface area contributed by atoms with Gasteiger partial charge < -0.3 is 9.55 Å². The van der Waals surface area contributed by atoms with Crippen LogP contribution in [0.1, 0.15) is 0 Å². The van der Waals surface area contributed by atoms with Crippen molar-refractivity contribution >= 4 is 11.0 Å². The SMILES string of the molecule is O=c1[nH]cnc2c1c(-c1ccncc1)cn2-c1ccccc1. The maximum absolute atomic E-state index is 12.3. The topological polar surface area (TPSA) is 63.6 Å². The smallest absolute Gasteiger partial charge is 0.260 e. The van der Waals surface area contributed by atoms with Crippen molar-refractivity contribution in [2.75, 3.05) is 0 Å². The molecule has 0 amide bonds. The van der Waals surface area contributed by atoms with Crippen molar-refractivity contribution in [2.24, 2.45) is 0 Å². The minimum atomic E-state index is -0.147. The van der Waals surface area contributed by atoms with Gasteiger partial charge in [-0.15, -0.1) is 0 Å². The van der Waals surface area contributed by atoms with Gasteiger partial charge in [-0.1, -0.05) is 18.2 Å². The molecule has 22 heavy (non-hydrogen) atoms. The Morgan fingerprint density at radius 1 is 1.00 bits per heavy atom. The van der Waals surface area contributed by atoms with Crippen molar-refractivity contribution in [3.05, 3.63) is 77.7 Å². The average Bonchev–Trinajstić information content (AvgIpc) is 2.98. The lowest BCUT2D eigenvalue weighted by Gasteiger charge is -2.03. The van der Waals surface area contributed by atoms with Crippen LogP contribution in [0, 0.1) is 0 Å². The summed E-state index contributed by atoms with van der Waals surface area (Å²) in [6.07, 6.45) is 6.80. The van der Waals surface area contributed by atoms with Crippen LogP contribution in [0.3, 0.4) is 0 Å². The second kappa shape index (κ2) is 4.96. The molecule has 0 unspecified atom stereocenters. The highest BCUT2D eigenvalue weighted by molar-refractivity contribution is 5.94. The number of pyridine rings is 1. The van der Waals surface area contributed by atoms with Crippen molar-refractivity contribution in [1.82, 2.24) is 19.5 Å². The summed E-state index contributed by atoms with van der Waals surface area (Å²) in [5.41, 5.74) is 3.24. The molecule has 0 aliphatic rings. The minimum absolute atomic E-state index is 0.147. The van der Waals surface area contributed by atoms with Crippen molar-refractivity contribution < 1.29 is 0 Å². The predicted octanol–water partition coefficient (Wildman–Crippen LogP) is 2.78. The highest BCUT2D eigenvalue weighted by Crippen LogP contribution is 2.28. The highest BCUT2D eigenvalue weighted by atomic mass is 16.1. The van der Waals surface area contributed by atoms with E-state index in [0.717, 1.165) is 16.8 Å². The minimum Gasteiger partial charge on any atom is -0.312 e. The molecule has 0 spiro atoms. The number of nitrogens with zero attached hydrogens (tertiary/aromatic N) is 3. The monoisotopic (exact) mass is 288 g/mol. The summed E-state index contributed by atoms with van der Waals surface area (Å²) in [7, 11) is 0. The molecule has 5 nitrogen and oxygen atoms in total. The lowest BCUT2D eigenvalue weighted by Crippen LogP contribution is -2.07. The summed E-state index contributed by atoms with van der Waals surface area (Å²) in [6, 6.07) is 13.6. The molecule has 0 radical (unpaired) electrons. The van der Waals surface area contributed by atoms with Gasteiger partial charge in [-0.3, -0.25) is 9.78 Å². The van der Waals surface area contributed by atoms with E-state index in [4.69, 9.17) is 0 Å².